The second-order valence-electron chi connectivity index (χ2n) is 8.22. The van der Waals surface area contributed by atoms with E-state index in [4.69, 9.17) is 26.4 Å². The SMILES string of the molecule is COc1ccccc1OCCn1cc(/C=C2\SC(=S)N(C[C@@H]3CCCO3)C2=O)c2ccccc21. The Morgan fingerprint density at radius 2 is 1.97 bits per heavy atom. The molecule has 0 spiro atoms. The predicted octanol–water partition coefficient (Wildman–Crippen LogP) is 5.11. The fraction of sp³-hybridized carbons (Fsp3) is 0.308. The number of amides is 1. The fourth-order valence-corrected chi connectivity index (χ4v) is 5.62. The van der Waals surface area contributed by atoms with Gasteiger partial charge in [-0.25, -0.2) is 0 Å². The number of carbonyl (C=O) groups is 1. The van der Waals surface area contributed by atoms with Gasteiger partial charge in [0.25, 0.3) is 5.91 Å². The molecule has 2 fully saturated rings. The average molecular weight is 495 g/mol. The third kappa shape index (κ3) is 4.71. The molecule has 8 heteroatoms. The van der Waals surface area contributed by atoms with E-state index < -0.39 is 0 Å². The largest absolute Gasteiger partial charge is 0.493 e. The summed E-state index contributed by atoms with van der Waals surface area (Å²) >= 11 is 6.87. The summed E-state index contributed by atoms with van der Waals surface area (Å²) in [5.74, 6) is 1.39. The van der Waals surface area contributed by atoms with Crippen LogP contribution in [-0.2, 0) is 16.1 Å². The average Bonchev–Trinajstić information content (AvgIpc) is 3.56. The van der Waals surface area contributed by atoms with Crippen molar-refractivity contribution in [2.75, 3.05) is 26.9 Å². The minimum atomic E-state index is -0.0400. The zero-order valence-corrected chi connectivity index (χ0v) is 20.6. The Bertz CT molecular complexity index is 1250. The van der Waals surface area contributed by atoms with Crippen molar-refractivity contribution in [2.45, 2.75) is 25.5 Å². The molecule has 1 amide bonds. The highest BCUT2D eigenvalue weighted by Crippen LogP contribution is 2.35. The number of carbonyl (C=O) groups excluding carboxylic acids is 1. The maximum atomic E-state index is 13.1. The van der Waals surface area contributed by atoms with E-state index in [1.54, 1.807) is 12.0 Å². The Labute approximate surface area is 208 Å². The topological polar surface area (TPSA) is 52.9 Å². The van der Waals surface area contributed by atoms with Crippen LogP contribution in [0.1, 0.15) is 18.4 Å². The fourth-order valence-electron chi connectivity index (χ4n) is 4.36. The summed E-state index contributed by atoms with van der Waals surface area (Å²) in [7, 11) is 1.64. The van der Waals surface area contributed by atoms with E-state index in [2.05, 4.69) is 22.9 Å². The highest BCUT2D eigenvalue weighted by atomic mass is 32.2. The van der Waals surface area contributed by atoms with Gasteiger partial charge in [-0.2, -0.15) is 0 Å². The smallest absolute Gasteiger partial charge is 0.266 e. The molecule has 0 unspecified atom stereocenters. The van der Waals surface area contributed by atoms with Crippen molar-refractivity contribution in [1.29, 1.82) is 0 Å². The number of hydrogen-bond donors (Lipinski definition) is 0. The number of ether oxygens (including phenoxy) is 3. The Morgan fingerprint density at radius 1 is 1.18 bits per heavy atom. The van der Waals surface area contributed by atoms with Crippen LogP contribution in [0.2, 0.25) is 0 Å². The number of para-hydroxylation sites is 3. The molecule has 0 radical (unpaired) electrons. The van der Waals surface area contributed by atoms with Gasteiger partial charge in [-0.05, 0) is 37.1 Å². The van der Waals surface area contributed by atoms with E-state index in [9.17, 15) is 4.79 Å². The van der Waals surface area contributed by atoms with Crippen molar-refractivity contribution >= 4 is 51.2 Å². The van der Waals surface area contributed by atoms with Crippen molar-refractivity contribution in [1.82, 2.24) is 9.47 Å². The van der Waals surface area contributed by atoms with Gasteiger partial charge in [-0.15, -0.1) is 0 Å². The Kier molecular flexibility index (Phi) is 6.89. The van der Waals surface area contributed by atoms with Gasteiger partial charge in [0.2, 0.25) is 0 Å². The number of aromatic nitrogens is 1. The summed E-state index contributed by atoms with van der Waals surface area (Å²) in [6.07, 6.45) is 6.11. The molecule has 6 nitrogen and oxygen atoms in total. The lowest BCUT2D eigenvalue weighted by atomic mass is 10.1. The molecule has 3 aromatic rings. The van der Waals surface area contributed by atoms with Crippen LogP contribution in [0.4, 0.5) is 0 Å². The Balaban J connectivity index is 1.34. The van der Waals surface area contributed by atoms with Gasteiger partial charge in [-0.1, -0.05) is 54.3 Å². The number of nitrogens with zero attached hydrogens (tertiary/aromatic N) is 2. The molecule has 2 aliphatic heterocycles. The molecule has 1 atom stereocenters. The van der Waals surface area contributed by atoms with Gasteiger partial charge in [0, 0.05) is 29.3 Å². The van der Waals surface area contributed by atoms with Crippen molar-refractivity contribution in [3.8, 4) is 11.5 Å². The number of thiocarbonyl (C=S) groups is 1. The summed E-state index contributed by atoms with van der Waals surface area (Å²) in [4.78, 5) is 15.4. The van der Waals surface area contributed by atoms with Gasteiger partial charge in [0.1, 0.15) is 10.9 Å². The number of methoxy groups -OCH3 is 1. The van der Waals surface area contributed by atoms with E-state index in [-0.39, 0.29) is 12.0 Å². The minimum Gasteiger partial charge on any atom is -0.493 e. The lowest BCUT2D eigenvalue weighted by molar-refractivity contribution is -0.123. The number of fused-ring (bicyclic) bond motifs is 1. The molecule has 2 aliphatic rings. The van der Waals surface area contributed by atoms with Crippen molar-refractivity contribution < 1.29 is 19.0 Å². The predicted molar refractivity (Wildman–Crippen MR) is 139 cm³/mol. The van der Waals surface area contributed by atoms with Gasteiger partial charge in [0.05, 0.1) is 31.2 Å². The first-order chi connectivity index (χ1) is 16.6. The number of rotatable bonds is 8. The van der Waals surface area contributed by atoms with Gasteiger partial charge < -0.3 is 18.8 Å². The van der Waals surface area contributed by atoms with Crippen molar-refractivity contribution in [3.63, 3.8) is 0 Å². The molecule has 0 N–H and O–H groups in total. The first-order valence-corrected chi connectivity index (χ1v) is 12.6. The van der Waals surface area contributed by atoms with Crippen LogP contribution in [0, 0.1) is 0 Å². The second-order valence-corrected chi connectivity index (χ2v) is 9.90. The van der Waals surface area contributed by atoms with E-state index in [1.807, 2.05) is 42.5 Å². The molecule has 0 saturated carbocycles. The minimum absolute atomic E-state index is 0.0400. The molecule has 1 aromatic heterocycles. The third-order valence-corrected chi connectivity index (χ3v) is 7.43. The number of thioether (sulfide) groups is 1. The zero-order chi connectivity index (χ0) is 23.5. The summed E-state index contributed by atoms with van der Waals surface area (Å²) in [5, 5.41) is 1.09. The van der Waals surface area contributed by atoms with E-state index in [0.29, 0.717) is 34.7 Å². The van der Waals surface area contributed by atoms with Crippen LogP contribution in [0.15, 0.2) is 59.6 Å². The van der Waals surface area contributed by atoms with E-state index >= 15 is 0 Å². The van der Waals surface area contributed by atoms with Gasteiger partial charge >= 0.3 is 0 Å². The van der Waals surface area contributed by atoms with E-state index in [0.717, 1.165) is 41.7 Å². The van der Waals surface area contributed by atoms with E-state index in [1.165, 1.54) is 11.8 Å². The van der Waals surface area contributed by atoms with Crippen LogP contribution < -0.4 is 9.47 Å². The molecule has 176 valence electrons. The second kappa shape index (κ2) is 10.2. The molecule has 2 aromatic carbocycles. The molecular formula is C26H26N2O4S2. The third-order valence-electron chi connectivity index (χ3n) is 6.05. The van der Waals surface area contributed by atoms with Gasteiger partial charge in [-0.3, -0.25) is 9.69 Å². The number of hydrogen-bond acceptors (Lipinski definition) is 6. The monoisotopic (exact) mass is 494 g/mol. The number of benzene rings is 2. The first kappa shape index (κ1) is 23.0. The van der Waals surface area contributed by atoms with Crippen molar-refractivity contribution in [2.24, 2.45) is 0 Å². The molecule has 0 bridgehead atoms. The van der Waals surface area contributed by atoms with Crippen LogP contribution in [0.25, 0.3) is 17.0 Å². The van der Waals surface area contributed by atoms with Crippen LogP contribution in [0.3, 0.4) is 0 Å². The molecular weight excluding hydrogens is 468 g/mol. The lowest BCUT2D eigenvalue weighted by Gasteiger charge is -2.18. The normalized spacial score (nSPS) is 19.5. The first-order valence-electron chi connectivity index (χ1n) is 11.3. The molecule has 0 aliphatic carbocycles. The highest BCUT2D eigenvalue weighted by Gasteiger charge is 2.34. The van der Waals surface area contributed by atoms with Crippen LogP contribution in [0.5, 0.6) is 11.5 Å². The van der Waals surface area contributed by atoms with Crippen LogP contribution >= 0.6 is 24.0 Å². The maximum absolute atomic E-state index is 13.1. The summed E-state index contributed by atoms with van der Waals surface area (Å²) in [6, 6.07) is 15.8. The zero-order valence-electron chi connectivity index (χ0n) is 18.9. The maximum Gasteiger partial charge on any atom is 0.266 e. The lowest BCUT2D eigenvalue weighted by Crippen LogP contribution is -2.35. The standard InChI is InChI=1S/C26H26N2O4S2/c1-30-22-10-4-5-11-23(22)32-14-12-27-16-18(20-8-2-3-9-21(20)27)15-24-25(29)28(26(33)34-24)17-19-7-6-13-31-19/h2-5,8-11,15-16,19H,6-7,12-14,17H2,1H3/b24-15-/t19-/m0/s1. The molecule has 3 heterocycles. The highest BCUT2D eigenvalue weighted by molar-refractivity contribution is 8.26. The van der Waals surface area contributed by atoms with Gasteiger partial charge in [0.15, 0.2) is 11.5 Å². The van der Waals surface area contributed by atoms with Crippen molar-refractivity contribution in [3.05, 3.63) is 65.2 Å². The Hall–Kier alpha value is -2.81. The summed E-state index contributed by atoms with van der Waals surface area (Å²) in [5.41, 5.74) is 2.08. The molecule has 2 saturated heterocycles. The quantitative estimate of drug-likeness (QED) is 0.321. The summed E-state index contributed by atoms with van der Waals surface area (Å²) < 4.78 is 19.8. The Morgan fingerprint density at radius 3 is 2.76 bits per heavy atom. The molecule has 34 heavy (non-hydrogen) atoms. The molecule has 5 rings (SSSR count). The van der Waals surface area contributed by atoms with Crippen LogP contribution in [-0.4, -0.2) is 52.7 Å². The summed E-state index contributed by atoms with van der Waals surface area (Å²) in [6.45, 7) is 2.44.